The van der Waals surface area contributed by atoms with Gasteiger partial charge in [-0.1, -0.05) is 50.2 Å². The predicted molar refractivity (Wildman–Crippen MR) is 88.1 cm³/mol. The first-order chi connectivity index (χ1) is 9.85. The van der Waals surface area contributed by atoms with Gasteiger partial charge in [0.2, 0.25) is 0 Å². The van der Waals surface area contributed by atoms with Crippen molar-refractivity contribution in [2.24, 2.45) is 5.92 Å². The molecule has 0 radical (unpaired) electrons. The molecular weight excluding hydrogens is 260 g/mol. The van der Waals surface area contributed by atoms with Gasteiger partial charge in [0.05, 0.1) is 5.60 Å². The van der Waals surface area contributed by atoms with Crippen molar-refractivity contribution in [2.75, 3.05) is 0 Å². The van der Waals surface area contributed by atoms with E-state index < -0.39 is 0 Å². The number of rotatable bonds is 5. The second-order valence-corrected chi connectivity index (χ2v) is 7.02. The minimum atomic E-state index is -0.300. The fraction of sp³-hybridized carbons (Fsp3) is 0.474. The summed E-state index contributed by atoms with van der Waals surface area (Å²) in [4.78, 5) is 11.3. The van der Waals surface area contributed by atoms with Crippen molar-refractivity contribution in [1.29, 1.82) is 0 Å². The third-order valence-electron chi connectivity index (χ3n) is 3.25. The van der Waals surface area contributed by atoms with Crippen LogP contribution in [0.15, 0.2) is 42.5 Å². The molecule has 0 saturated carbocycles. The van der Waals surface area contributed by atoms with Gasteiger partial charge in [-0.25, -0.2) is 9.78 Å². The topological polar surface area (TPSA) is 18.5 Å². The highest BCUT2D eigenvalue weighted by Gasteiger charge is 2.20. The Morgan fingerprint density at radius 3 is 2.24 bits per heavy atom. The number of fused-ring (bicyclic) bond motifs is 1. The lowest BCUT2D eigenvalue weighted by molar-refractivity contribution is -0.377. The second-order valence-electron chi connectivity index (χ2n) is 7.02. The lowest BCUT2D eigenvalue weighted by atomic mass is 9.97. The lowest BCUT2D eigenvalue weighted by Crippen LogP contribution is -2.21. The van der Waals surface area contributed by atoms with Gasteiger partial charge in [-0.15, -0.1) is 0 Å². The fourth-order valence-corrected chi connectivity index (χ4v) is 2.27. The molecule has 0 bridgehead atoms. The maximum atomic E-state index is 5.75. The molecule has 0 aliphatic rings. The van der Waals surface area contributed by atoms with E-state index in [2.05, 4.69) is 56.3 Å². The van der Waals surface area contributed by atoms with Crippen LogP contribution in [-0.2, 0) is 9.78 Å². The van der Waals surface area contributed by atoms with Crippen LogP contribution in [0.25, 0.3) is 10.8 Å². The second kappa shape index (κ2) is 6.59. The predicted octanol–water partition coefficient (Wildman–Crippen LogP) is 5.67. The van der Waals surface area contributed by atoms with Gasteiger partial charge in [0, 0.05) is 0 Å². The Hall–Kier alpha value is -1.38. The molecule has 2 aromatic rings. The highest BCUT2D eigenvalue weighted by molar-refractivity contribution is 5.83. The number of hydrogen-bond acceptors (Lipinski definition) is 2. The molecule has 0 N–H and O–H groups in total. The van der Waals surface area contributed by atoms with Gasteiger partial charge >= 0.3 is 0 Å². The van der Waals surface area contributed by atoms with E-state index in [-0.39, 0.29) is 11.7 Å². The van der Waals surface area contributed by atoms with E-state index in [0.717, 1.165) is 6.42 Å². The summed E-state index contributed by atoms with van der Waals surface area (Å²) in [7, 11) is 0. The van der Waals surface area contributed by atoms with Crippen molar-refractivity contribution in [3.05, 3.63) is 48.0 Å². The Morgan fingerprint density at radius 2 is 1.62 bits per heavy atom. The van der Waals surface area contributed by atoms with Crippen LogP contribution in [0.2, 0.25) is 0 Å². The van der Waals surface area contributed by atoms with E-state index in [0.29, 0.717) is 5.92 Å². The van der Waals surface area contributed by atoms with Crippen LogP contribution in [0.4, 0.5) is 0 Å². The molecule has 114 valence electrons. The summed E-state index contributed by atoms with van der Waals surface area (Å²) in [6.45, 7) is 10.4. The van der Waals surface area contributed by atoms with Gasteiger partial charge < -0.3 is 0 Å². The van der Waals surface area contributed by atoms with Crippen LogP contribution >= 0.6 is 0 Å². The van der Waals surface area contributed by atoms with Crippen molar-refractivity contribution in [1.82, 2.24) is 0 Å². The highest BCUT2D eigenvalue weighted by atomic mass is 17.2. The van der Waals surface area contributed by atoms with Crippen molar-refractivity contribution in [2.45, 2.75) is 52.7 Å². The summed E-state index contributed by atoms with van der Waals surface area (Å²) in [6, 6.07) is 14.9. The summed E-state index contributed by atoms with van der Waals surface area (Å²) in [6.07, 6.45) is 0.905. The molecule has 0 saturated heterocycles. The summed E-state index contributed by atoms with van der Waals surface area (Å²) >= 11 is 0. The van der Waals surface area contributed by atoms with Gasteiger partial charge in [0.1, 0.15) is 6.10 Å². The molecule has 0 aromatic heterocycles. The molecule has 0 amide bonds. The molecule has 0 aliphatic carbocycles. The quantitative estimate of drug-likeness (QED) is 0.520. The zero-order valence-corrected chi connectivity index (χ0v) is 13.7. The Bertz CT molecular complexity index is 581. The van der Waals surface area contributed by atoms with Crippen LogP contribution in [0.5, 0.6) is 0 Å². The van der Waals surface area contributed by atoms with Gasteiger partial charge in [-0.3, -0.25) is 0 Å². The van der Waals surface area contributed by atoms with Crippen LogP contribution < -0.4 is 0 Å². The first-order valence-corrected chi connectivity index (χ1v) is 7.68. The van der Waals surface area contributed by atoms with E-state index in [1.165, 1.54) is 16.3 Å². The normalized spacial score (nSPS) is 13.8. The maximum Gasteiger partial charge on any atom is 0.118 e. The molecule has 0 fully saturated rings. The molecule has 2 heteroatoms. The smallest absolute Gasteiger partial charge is 0.118 e. The standard InChI is InChI=1S/C19H26O2/c1-14(2)12-18(20-21-19(3,4)5)17-11-10-15-8-6-7-9-16(15)13-17/h6-11,13-14,18H,12H2,1-5H3. The molecule has 2 nitrogen and oxygen atoms in total. The Morgan fingerprint density at radius 1 is 0.952 bits per heavy atom. The van der Waals surface area contributed by atoms with Crippen LogP contribution in [0, 0.1) is 5.92 Å². The van der Waals surface area contributed by atoms with Crippen molar-refractivity contribution in [3.63, 3.8) is 0 Å². The number of benzene rings is 2. The molecule has 0 heterocycles. The van der Waals surface area contributed by atoms with Crippen LogP contribution in [0.1, 0.15) is 52.7 Å². The van der Waals surface area contributed by atoms with Crippen molar-refractivity contribution in [3.8, 4) is 0 Å². The third kappa shape index (κ3) is 4.83. The molecule has 0 spiro atoms. The summed E-state index contributed by atoms with van der Waals surface area (Å²) < 4.78 is 0. The molecule has 1 unspecified atom stereocenters. The minimum Gasteiger partial charge on any atom is -0.230 e. The summed E-state index contributed by atoms with van der Waals surface area (Å²) in [5.74, 6) is 0.546. The monoisotopic (exact) mass is 286 g/mol. The number of hydrogen-bond donors (Lipinski definition) is 0. The van der Waals surface area contributed by atoms with Crippen molar-refractivity contribution >= 4 is 10.8 Å². The molecule has 2 aromatic carbocycles. The van der Waals surface area contributed by atoms with E-state index in [9.17, 15) is 0 Å². The lowest BCUT2D eigenvalue weighted by Gasteiger charge is -2.25. The minimum absolute atomic E-state index is 0.0335. The van der Waals surface area contributed by atoms with E-state index in [1.807, 2.05) is 20.8 Å². The summed E-state index contributed by atoms with van der Waals surface area (Å²) in [5.41, 5.74) is 0.873. The average Bonchev–Trinajstić information content (AvgIpc) is 2.41. The summed E-state index contributed by atoms with van der Waals surface area (Å²) in [5, 5.41) is 2.49. The Labute approximate surface area is 128 Å². The average molecular weight is 286 g/mol. The first-order valence-electron chi connectivity index (χ1n) is 7.68. The first kappa shape index (κ1) is 16.0. The van der Waals surface area contributed by atoms with Crippen LogP contribution in [0.3, 0.4) is 0 Å². The van der Waals surface area contributed by atoms with Gasteiger partial charge in [-0.05, 0) is 55.5 Å². The Balaban J connectivity index is 2.24. The fourth-order valence-electron chi connectivity index (χ4n) is 2.27. The van der Waals surface area contributed by atoms with Gasteiger partial charge in [0.25, 0.3) is 0 Å². The zero-order valence-electron chi connectivity index (χ0n) is 13.7. The third-order valence-corrected chi connectivity index (χ3v) is 3.25. The molecule has 2 rings (SSSR count). The zero-order chi connectivity index (χ0) is 15.5. The SMILES string of the molecule is CC(C)CC(OOC(C)(C)C)c1ccc2ccccc2c1. The Kier molecular flexibility index (Phi) is 5.02. The highest BCUT2D eigenvalue weighted by Crippen LogP contribution is 2.29. The van der Waals surface area contributed by atoms with Gasteiger partial charge in [0.15, 0.2) is 0 Å². The van der Waals surface area contributed by atoms with E-state index in [4.69, 9.17) is 9.78 Å². The molecule has 1 atom stereocenters. The maximum absolute atomic E-state index is 5.75. The molecular formula is C19H26O2. The van der Waals surface area contributed by atoms with E-state index >= 15 is 0 Å². The van der Waals surface area contributed by atoms with Crippen molar-refractivity contribution < 1.29 is 9.78 Å². The molecule has 21 heavy (non-hydrogen) atoms. The van der Waals surface area contributed by atoms with Crippen LogP contribution in [-0.4, -0.2) is 5.60 Å². The largest absolute Gasteiger partial charge is 0.230 e. The molecule has 0 aliphatic heterocycles. The van der Waals surface area contributed by atoms with Gasteiger partial charge in [-0.2, -0.15) is 0 Å². The van der Waals surface area contributed by atoms with E-state index in [1.54, 1.807) is 0 Å².